The molecule has 0 heterocycles. The number of nitrogens with one attached hydrogen (secondary N) is 2. The lowest BCUT2D eigenvalue weighted by molar-refractivity contribution is 0.187. The van der Waals surface area contributed by atoms with Gasteiger partial charge in [0, 0.05) is 27.4 Å². The number of carbonyl (C=O) groups excluding carboxylic acids is 1. The number of benzene rings is 2. The molecule has 6 heteroatoms. The smallest absolute Gasteiger partial charge is 0.411 e. The Morgan fingerprint density at radius 2 is 2.00 bits per heavy atom. The van der Waals surface area contributed by atoms with Crippen molar-refractivity contribution in [2.75, 3.05) is 17.7 Å². The first-order valence-corrected chi connectivity index (χ1v) is 7.38. The maximum absolute atomic E-state index is 11.2. The summed E-state index contributed by atoms with van der Waals surface area (Å²) in [6.45, 7) is 0.638. The molecule has 1 amide bonds. The number of amides is 1. The fourth-order valence-electron chi connectivity index (χ4n) is 1.74. The van der Waals surface area contributed by atoms with Gasteiger partial charge < -0.3 is 10.1 Å². The minimum atomic E-state index is -0.493. The van der Waals surface area contributed by atoms with Gasteiger partial charge in [0.05, 0.1) is 7.11 Å². The van der Waals surface area contributed by atoms with Crippen molar-refractivity contribution < 1.29 is 9.53 Å². The van der Waals surface area contributed by atoms with Crippen molar-refractivity contribution in [3.63, 3.8) is 0 Å². The highest BCUT2D eigenvalue weighted by Gasteiger charge is 2.03. The molecule has 0 bridgehead atoms. The molecular formula is C15H14BrClN2O2. The second-order valence-electron chi connectivity index (χ2n) is 4.29. The average molecular weight is 370 g/mol. The summed E-state index contributed by atoms with van der Waals surface area (Å²) in [6.07, 6.45) is -0.493. The Bertz CT molecular complexity index is 649. The third kappa shape index (κ3) is 4.65. The Balaban J connectivity index is 2.03. The average Bonchev–Trinajstić information content (AvgIpc) is 2.46. The van der Waals surface area contributed by atoms with Gasteiger partial charge in [0.2, 0.25) is 0 Å². The first-order valence-electron chi connectivity index (χ1n) is 6.21. The molecule has 0 unspecified atom stereocenters. The van der Waals surface area contributed by atoms with Gasteiger partial charge in [-0.1, -0.05) is 39.7 Å². The second kappa shape index (κ2) is 7.33. The zero-order valence-electron chi connectivity index (χ0n) is 11.3. The molecule has 0 aliphatic heterocycles. The zero-order valence-corrected chi connectivity index (χ0v) is 13.7. The van der Waals surface area contributed by atoms with Gasteiger partial charge in [-0.25, -0.2) is 4.79 Å². The lowest BCUT2D eigenvalue weighted by Gasteiger charge is -2.10. The molecule has 0 aromatic heterocycles. The molecule has 2 N–H and O–H groups in total. The van der Waals surface area contributed by atoms with Crippen LogP contribution in [0.15, 0.2) is 46.9 Å². The number of anilines is 2. The van der Waals surface area contributed by atoms with Crippen molar-refractivity contribution in [2.24, 2.45) is 0 Å². The molecule has 0 fully saturated rings. The maximum Gasteiger partial charge on any atom is 0.411 e. The fraction of sp³-hybridized carbons (Fsp3) is 0.133. The van der Waals surface area contributed by atoms with Crippen LogP contribution in [0.4, 0.5) is 16.2 Å². The summed E-state index contributed by atoms with van der Waals surface area (Å²) in [5.74, 6) is 0. The van der Waals surface area contributed by atoms with E-state index in [0.717, 1.165) is 15.7 Å². The lowest BCUT2D eigenvalue weighted by Crippen LogP contribution is -2.11. The largest absolute Gasteiger partial charge is 0.453 e. The van der Waals surface area contributed by atoms with Crippen LogP contribution in [0.5, 0.6) is 0 Å². The molecule has 0 spiro atoms. The molecule has 0 saturated heterocycles. The molecule has 0 atom stereocenters. The third-order valence-corrected chi connectivity index (χ3v) is 3.77. The summed E-state index contributed by atoms with van der Waals surface area (Å²) in [5, 5.41) is 6.60. The molecule has 0 saturated carbocycles. The number of methoxy groups -OCH3 is 1. The number of carbonyl (C=O) groups is 1. The van der Waals surface area contributed by atoms with E-state index in [2.05, 4.69) is 31.3 Å². The summed E-state index contributed by atoms with van der Waals surface area (Å²) >= 11 is 9.39. The Hall–Kier alpha value is -1.72. The molecule has 2 aromatic rings. The van der Waals surface area contributed by atoms with Crippen LogP contribution in [0.2, 0.25) is 5.02 Å². The van der Waals surface area contributed by atoms with Crippen molar-refractivity contribution in [2.45, 2.75) is 6.54 Å². The summed E-state index contributed by atoms with van der Waals surface area (Å²) in [7, 11) is 1.33. The molecule has 2 aromatic carbocycles. The quantitative estimate of drug-likeness (QED) is 0.806. The Kier molecular flexibility index (Phi) is 5.47. The third-order valence-electron chi connectivity index (χ3n) is 2.79. The maximum atomic E-state index is 11.2. The predicted molar refractivity (Wildman–Crippen MR) is 88.9 cm³/mol. The molecule has 2 rings (SSSR count). The van der Waals surface area contributed by atoms with Crippen LogP contribution < -0.4 is 10.6 Å². The van der Waals surface area contributed by atoms with Crippen molar-refractivity contribution in [3.8, 4) is 0 Å². The second-order valence-corrected chi connectivity index (χ2v) is 5.58. The molecule has 110 valence electrons. The van der Waals surface area contributed by atoms with E-state index in [1.165, 1.54) is 7.11 Å². The standard InChI is InChI=1S/C15H14BrClN2O2/c1-21-15(20)19-13-4-2-3-12(8-13)18-9-10-5-6-11(17)7-14(10)16/h2-8,18H,9H2,1H3,(H,19,20). The van der Waals surface area contributed by atoms with Gasteiger partial charge >= 0.3 is 6.09 Å². The fourth-order valence-corrected chi connectivity index (χ4v) is 2.56. The van der Waals surface area contributed by atoms with Gasteiger partial charge in [-0.2, -0.15) is 0 Å². The molecule has 4 nitrogen and oxygen atoms in total. The van der Waals surface area contributed by atoms with Crippen molar-refractivity contribution in [1.29, 1.82) is 0 Å². The minimum Gasteiger partial charge on any atom is -0.453 e. The number of hydrogen-bond acceptors (Lipinski definition) is 3. The lowest BCUT2D eigenvalue weighted by atomic mass is 10.2. The first kappa shape index (κ1) is 15.7. The van der Waals surface area contributed by atoms with Crippen molar-refractivity contribution >= 4 is 45.0 Å². The van der Waals surface area contributed by atoms with Crippen LogP contribution in [-0.4, -0.2) is 13.2 Å². The normalized spacial score (nSPS) is 10.0. The number of hydrogen-bond donors (Lipinski definition) is 2. The van der Waals surface area contributed by atoms with Crippen LogP contribution in [0.1, 0.15) is 5.56 Å². The highest BCUT2D eigenvalue weighted by Crippen LogP contribution is 2.23. The molecule has 21 heavy (non-hydrogen) atoms. The number of rotatable bonds is 4. The van der Waals surface area contributed by atoms with E-state index in [4.69, 9.17) is 11.6 Å². The molecule has 0 aliphatic carbocycles. The summed E-state index contributed by atoms with van der Waals surface area (Å²) in [4.78, 5) is 11.2. The van der Waals surface area contributed by atoms with E-state index in [1.54, 1.807) is 6.07 Å². The van der Waals surface area contributed by atoms with E-state index >= 15 is 0 Å². The highest BCUT2D eigenvalue weighted by atomic mass is 79.9. The van der Waals surface area contributed by atoms with Gasteiger partial charge in [0.15, 0.2) is 0 Å². The van der Waals surface area contributed by atoms with E-state index in [9.17, 15) is 4.79 Å². The zero-order chi connectivity index (χ0) is 15.2. The van der Waals surface area contributed by atoms with Crippen LogP contribution in [0.3, 0.4) is 0 Å². The summed E-state index contributed by atoms with van der Waals surface area (Å²) in [6, 6.07) is 13.1. The van der Waals surface area contributed by atoms with Crippen LogP contribution in [0.25, 0.3) is 0 Å². The first-order chi connectivity index (χ1) is 10.1. The summed E-state index contributed by atoms with van der Waals surface area (Å²) < 4.78 is 5.51. The Morgan fingerprint density at radius 1 is 1.24 bits per heavy atom. The van der Waals surface area contributed by atoms with Gasteiger partial charge in [-0.05, 0) is 35.9 Å². The molecule has 0 aliphatic rings. The van der Waals surface area contributed by atoms with E-state index < -0.39 is 6.09 Å². The SMILES string of the molecule is COC(=O)Nc1cccc(NCc2ccc(Cl)cc2Br)c1. The van der Waals surface area contributed by atoms with Gasteiger partial charge in [-0.3, -0.25) is 5.32 Å². The Morgan fingerprint density at radius 3 is 2.71 bits per heavy atom. The topological polar surface area (TPSA) is 50.4 Å². The monoisotopic (exact) mass is 368 g/mol. The predicted octanol–water partition coefficient (Wildman–Crippen LogP) is 4.89. The Labute approximate surface area is 136 Å². The molecule has 0 radical (unpaired) electrons. The number of ether oxygens (including phenoxy) is 1. The van der Waals surface area contributed by atoms with Crippen molar-refractivity contribution in [1.82, 2.24) is 0 Å². The van der Waals surface area contributed by atoms with Crippen LogP contribution in [-0.2, 0) is 11.3 Å². The van der Waals surface area contributed by atoms with Crippen LogP contribution in [0, 0.1) is 0 Å². The van der Waals surface area contributed by atoms with Gasteiger partial charge in [0.25, 0.3) is 0 Å². The van der Waals surface area contributed by atoms with E-state index in [1.807, 2.05) is 36.4 Å². The highest BCUT2D eigenvalue weighted by molar-refractivity contribution is 9.10. The van der Waals surface area contributed by atoms with E-state index in [-0.39, 0.29) is 0 Å². The van der Waals surface area contributed by atoms with Gasteiger partial charge in [0.1, 0.15) is 0 Å². The van der Waals surface area contributed by atoms with E-state index in [0.29, 0.717) is 17.3 Å². The van der Waals surface area contributed by atoms with Crippen molar-refractivity contribution in [3.05, 3.63) is 57.5 Å². The van der Waals surface area contributed by atoms with Gasteiger partial charge in [-0.15, -0.1) is 0 Å². The van der Waals surface area contributed by atoms with Crippen LogP contribution >= 0.6 is 27.5 Å². The summed E-state index contributed by atoms with van der Waals surface area (Å²) in [5.41, 5.74) is 2.65. The number of halogens is 2. The minimum absolute atomic E-state index is 0.493. The molecular weight excluding hydrogens is 356 g/mol.